The lowest BCUT2D eigenvalue weighted by molar-refractivity contribution is -0.133. The van der Waals surface area contributed by atoms with E-state index in [1.54, 1.807) is 12.4 Å². The molecule has 0 aliphatic carbocycles. The van der Waals surface area contributed by atoms with Gasteiger partial charge in [-0.3, -0.25) is 14.6 Å². The van der Waals surface area contributed by atoms with Crippen LogP contribution in [0, 0.1) is 0 Å². The van der Waals surface area contributed by atoms with Crippen LogP contribution in [0.2, 0.25) is 0 Å². The van der Waals surface area contributed by atoms with Crippen molar-refractivity contribution in [1.82, 2.24) is 10.3 Å². The maximum atomic E-state index is 11.3. The largest absolute Gasteiger partial charge is 0.481 e. The third-order valence-corrected chi connectivity index (χ3v) is 2.83. The highest BCUT2D eigenvalue weighted by molar-refractivity contribution is 8.00. The van der Waals surface area contributed by atoms with Gasteiger partial charge in [0.1, 0.15) is 0 Å². The average Bonchev–Trinajstić information content (AvgIpc) is 2.30. The lowest BCUT2D eigenvalue weighted by Crippen LogP contribution is -2.27. The Morgan fingerprint density at radius 3 is 2.88 bits per heavy atom. The molecule has 0 aromatic carbocycles. The molecular weight excluding hydrogens is 240 g/mol. The van der Waals surface area contributed by atoms with Gasteiger partial charge in [-0.25, -0.2) is 0 Å². The van der Waals surface area contributed by atoms with Gasteiger partial charge >= 0.3 is 5.97 Å². The van der Waals surface area contributed by atoms with E-state index in [1.165, 1.54) is 0 Å². The van der Waals surface area contributed by atoms with Crippen LogP contribution in [0.5, 0.6) is 0 Å². The molecule has 0 radical (unpaired) electrons. The van der Waals surface area contributed by atoms with Crippen molar-refractivity contribution in [2.75, 3.05) is 18.1 Å². The summed E-state index contributed by atoms with van der Waals surface area (Å²) in [6.45, 7) is 0.540. The molecule has 0 aliphatic heterocycles. The number of carbonyl (C=O) groups is 2. The SMILES string of the molecule is O=C(O)CSCC(=O)NCCc1cccnc1. The molecule has 0 saturated carbocycles. The second-order valence-electron chi connectivity index (χ2n) is 3.35. The van der Waals surface area contributed by atoms with Crippen molar-refractivity contribution in [2.24, 2.45) is 0 Å². The summed E-state index contributed by atoms with van der Waals surface area (Å²) in [4.78, 5) is 25.5. The predicted octanol–water partition coefficient (Wildman–Crippen LogP) is 0.558. The average molecular weight is 254 g/mol. The minimum atomic E-state index is -0.904. The number of carboxylic acid groups (broad SMARTS) is 1. The molecule has 0 aliphatic rings. The minimum absolute atomic E-state index is 0.0456. The molecule has 1 amide bonds. The van der Waals surface area contributed by atoms with Crippen LogP contribution in [0.3, 0.4) is 0 Å². The lowest BCUT2D eigenvalue weighted by atomic mass is 10.2. The zero-order valence-electron chi connectivity index (χ0n) is 9.26. The molecule has 0 atom stereocenters. The van der Waals surface area contributed by atoms with Crippen LogP contribution in [0.25, 0.3) is 0 Å². The van der Waals surface area contributed by atoms with Crippen molar-refractivity contribution in [1.29, 1.82) is 0 Å². The van der Waals surface area contributed by atoms with Gasteiger partial charge in [-0.1, -0.05) is 6.07 Å². The molecule has 1 aromatic heterocycles. The summed E-state index contributed by atoms with van der Waals surface area (Å²) in [6.07, 6.45) is 4.18. The Morgan fingerprint density at radius 1 is 1.41 bits per heavy atom. The molecule has 0 spiro atoms. The summed E-state index contributed by atoms with van der Waals surface area (Å²) >= 11 is 1.09. The summed E-state index contributed by atoms with van der Waals surface area (Å²) in [6, 6.07) is 3.79. The standard InChI is InChI=1S/C11H14N2O3S/c14-10(7-17-8-11(15)16)13-5-3-9-2-1-4-12-6-9/h1-2,4,6H,3,5,7-8H2,(H,13,14)(H,15,16). The number of nitrogens with one attached hydrogen (secondary N) is 1. The Morgan fingerprint density at radius 2 is 2.24 bits per heavy atom. The predicted molar refractivity (Wildman–Crippen MR) is 65.9 cm³/mol. The van der Waals surface area contributed by atoms with Gasteiger partial charge in [0.05, 0.1) is 11.5 Å². The first kappa shape index (κ1) is 13.5. The number of aromatic nitrogens is 1. The van der Waals surface area contributed by atoms with Gasteiger partial charge < -0.3 is 10.4 Å². The number of rotatable bonds is 7. The molecule has 0 fully saturated rings. The zero-order chi connectivity index (χ0) is 12.5. The number of hydrogen-bond acceptors (Lipinski definition) is 4. The van der Waals surface area contributed by atoms with Crippen molar-refractivity contribution in [2.45, 2.75) is 6.42 Å². The maximum absolute atomic E-state index is 11.3. The van der Waals surface area contributed by atoms with Gasteiger partial charge in [0.15, 0.2) is 0 Å². The van der Waals surface area contributed by atoms with Crippen LogP contribution in [-0.2, 0) is 16.0 Å². The number of pyridine rings is 1. The first-order valence-corrected chi connectivity index (χ1v) is 6.29. The molecule has 0 bridgehead atoms. The van der Waals surface area contributed by atoms with Gasteiger partial charge in [0.2, 0.25) is 5.91 Å². The summed E-state index contributed by atoms with van der Waals surface area (Å²) in [5.41, 5.74) is 1.06. The highest BCUT2D eigenvalue weighted by atomic mass is 32.2. The monoisotopic (exact) mass is 254 g/mol. The van der Waals surface area contributed by atoms with Crippen LogP contribution in [0.4, 0.5) is 0 Å². The van der Waals surface area contributed by atoms with E-state index < -0.39 is 5.97 Å². The first-order chi connectivity index (χ1) is 8.18. The van der Waals surface area contributed by atoms with Crippen LogP contribution in [0.15, 0.2) is 24.5 Å². The number of hydrogen-bond donors (Lipinski definition) is 2. The van der Waals surface area contributed by atoms with E-state index >= 15 is 0 Å². The van der Waals surface area contributed by atoms with E-state index in [2.05, 4.69) is 10.3 Å². The molecule has 17 heavy (non-hydrogen) atoms. The Bertz CT molecular complexity index is 370. The van der Waals surface area contributed by atoms with Gasteiger partial charge in [0.25, 0.3) is 0 Å². The molecule has 5 nitrogen and oxygen atoms in total. The van der Waals surface area contributed by atoms with E-state index in [1.807, 2.05) is 12.1 Å². The second kappa shape index (κ2) is 7.67. The Balaban J connectivity index is 2.10. The molecule has 92 valence electrons. The second-order valence-corrected chi connectivity index (χ2v) is 4.33. The smallest absolute Gasteiger partial charge is 0.313 e. The fourth-order valence-electron chi connectivity index (χ4n) is 1.17. The molecule has 1 aromatic rings. The van der Waals surface area contributed by atoms with Crippen LogP contribution in [-0.4, -0.2) is 40.0 Å². The highest BCUT2D eigenvalue weighted by Crippen LogP contribution is 1.99. The maximum Gasteiger partial charge on any atom is 0.313 e. The lowest BCUT2D eigenvalue weighted by Gasteiger charge is -2.04. The zero-order valence-corrected chi connectivity index (χ0v) is 10.1. The summed E-state index contributed by atoms with van der Waals surface area (Å²) in [5.74, 6) is -0.909. The van der Waals surface area contributed by atoms with E-state index in [9.17, 15) is 9.59 Å². The summed E-state index contributed by atoms with van der Waals surface area (Å²) in [7, 11) is 0. The van der Waals surface area contributed by atoms with E-state index in [-0.39, 0.29) is 17.4 Å². The number of thioether (sulfide) groups is 1. The number of carboxylic acids is 1. The number of aliphatic carboxylic acids is 1. The molecule has 0 unspecified atom stereocenters. The Hall–Kier alpha value is -1.56. The molecular formula is C11H14N2O3S. The molecule has 0 saturated heterocycles. The summed E-state index contributed by atoms with van der Waals surface area (Å²) in [5, 5.41) is 11.1. The number of carbonyl (C=O) groups excluding carboxylic acids is 1. The van der Waals surface area contributed by atoms with Crippen molar-refractivity contribution < 1.29 is 14.7 Å². The van der Waals surface area contributed by atoms with Crippen LogP contribution >= 0.6 is 11.8 Å². The fourth-order valence-corrected chi connectivity index (χ4v) is 1.74. The molecule has 6 heteroatoms. The fraction of sp³-hybridized carbons (Fsp3) is 0.364. The van der Waals surface area contributed by atoms with Crippen molar-refractivity contribution in [3.05, 3.63) is 30.1 Å². The quantitative estimate of drug-likeness (QED) is 0.743. The van der Waals surface area contributed by atoms with Crippen molar-refractivity contribution in [3.8, 4) is 0 Å². The van der Waals surface area contributed by atoms with Crippen molar-refractivity contribution >= 4 is 23.6 Å². The Kier molecular flexibility index (Phi) is 6.09. The van der Waals surface area contributed by atoms with E-state index in [0.29, 0.717) is 6.54 Å². The van der Waals surface area contributed by atoms with Crippen LogP contribution < -0.4 is 5.32 Å². The van der Waals surface area contributed by atoms with Crippen molar-refractivity contribution in [3.63, 3.8) is 0 Å². The van der Waals surface area contributed by atoms with Gasteiger partial charge in [-0.2, -0.15) is 0 Å². The highest BCUT2D eigenvalue weighted by Gasteiger charge is 2.03. The number of amides is 1. The van der Waals surface area contributed by atoms with E-state index in [0.717, 1.165) is 23.7 Å². The van der Waals surface area contributed by atoms with Gasteiger partial charge in [0, 0.05) is 18.9 Å². The molecule has 1 heterocycles. The first-order valence-electron chi connectivity index (χ1n) is 5.13. The van der Waals surface area contributed by atoms with Gasteiger partial charge in [-0.15, -0.1) is 11.8 Å². The third kappa shape index (κ3) is 6.57. The minimum Gasteiger partial charge on any atom is -0.481 e. The molecule has 2 N–H and O–H groups in total. The topological polar surface area (TPSA) is 79.3 Å². The number of nitrogens with zero attached hydrogens (tertiary/aromatic N) is 1. The summed E-state index contributed by atoms with van der Waals surface area (Å²) < 4.78 is 0. The van der Waals surface area contributed by atoms with Crippen LogP contribution in [0.1, 0.15) is 5.56 Å². The van der Waals surface area contributed by atoms with Gasteiger partial charge in [-0.05, 0) is 18.1 Å². The Labute approximate surface area is 104 Å². The third-order valence-electron chi connectivity index (χ3n) is 1.92. The molecule has 1 rings (SSSR count). The normalized spacial score (nSPS) is 9.88. The van der Waals surface area contributed by atoms with E-state index in [4.69, 9.17) is 5.11 Å².